The second-order valence-electron chi connectivity index (χ2n) is 8.99. The van der Waals surface area contributed by atoms with Gasteiger partial charge in [-0.05, 0) is 76.3 Å². The molecular formula is C25H28F2N2O3. The molecule has 3 rings (SSSR count). The summed E-state index contributed by atoms with van der Waals surface area (Å²) in [7, 11) is 0. The van der Waals surface area contributed by atoms with Crippen molar-refractivity contribution in [2.45, 2.75) is 45.6 Å². The minimum absolute atomic E-state index is 0.000265. The Bertz CT molecular complexity index is 1000. The summed E-state index contributed by atoms with van der Waals surface area (Å²) in [6, 6.07) is 10.7. The van der Waals surface area contributed by atoms with Gasteiger partial charge in [0.2, 0.25) is 0 Å². The molecule has 2 aromatic carbocycles. The van der Waals surface area contributed by atoms with Gasteiger partial charge >= 0.3 is 5.97 Å². The van der Waals surface area contributed by atoms with Crippen molar-refractivity contribution in [2.75, 3.05) is 24.6 Å². The second kappa shape index (κ2) is 9.99. The molecule has 0 aliphatic carbocycles. The Balaban J connectivity index is 1.48. The van der Waals surface area contributed by atoms with E-state index in [2.05, 4.69) is 4.90 Å². The van der Waals surface area contributed by atoms with Crippen molar-refractivity contribution in [1.82, 2.24) is 0 Å². The Morgan fingerprint density at radius 2 is 1.84 bits per heavy atom. The molecule has 1 saturated heterocycles. The Morgan fingerprint density at radius 3 is 2.44 bits per heavy atom. The van der Waals surface area contributed by atoms with E-state index in [0.29, 0.717) is 18.3 Å². The molecule has 0 aromatic heterocycles. The van der Waals surface area contributed by atoms with Crippen LogP contribution in [0, 0.1) is 28.9 Å². The second-order valence-corrected chi connectivity index (χ2v) is 8.99. The number of carbonyl (C=O) groups is 1. The molecule has 0 amide bonds. The fraction of sp³-hybridized carbons (Fsp3) is 0.440. The molecule has 0 radical (unpaired) electrons. The van der Waals surface area contributed by atoms with Gasteiger partial charge in [0.05, 0.1) is 17.7 Å². The highest BCUT2D eigenvalue weighted by atomic mass is 19.1. The van der Waals surface area contributed by atoms with Gasteiger partial charge in [-0.25, -0.2) is 13.6 Å². The van der Waals surface area contributed by atoms with Crippen LogP contribution in [0.1, 0.15) is 56.0 Å². The molecular weight excluding hydrogens is 414 g/mol. The molecule has 0 unspecified atom stereocenters. The van der Waals surface area contributed by atoms with Crippen LogP contribution >= 0.6 is 0 Å². The van der Waals surface area contributed by atoms with Crippen LogP contribution in [0.2, 0.25) is 0 Å². The maximum atomic E-state index is 14.5. The lowest BCUT2D eigenvalue weighted by Gasteiger charge is -2.33. The number of ether oxygens (including phenoxy) is 2. The number of carbonyl (C=O) groups excluding carboxylic acids is 1. The van der Waals surface area contributed by atoms with E-state index in [1.807, 2.05) is 0 Å². The number of halogens is 2. The number of nitriles is 1. The van der Waals surface area contributed by atoms with Crippen molar-refractivity contribution in [1.29, 1.82) is 5.26 Å². The summed E-state index contributed by atoms with van der Waals surface area (Å²) in [5.41, 5.74) is 0.00925. The summed E-state index contributed by atoms with van der Waals surface area (Å²) in [6.45, 7) is 7.26. The minimum atomic E-state index is -0.679. The van der Waals surface area contributed by atoms with Crippen LogP contribution in [0.25, 0.3) is 0 Å². The van der Waals surface area contributed by atoms with Crippen molar-refractivity contribution in [3.63, 3.8) is 0 Å². The lowest BCUT2D eigenvalue weighted by Crippen LogP contribution is -2.34. The Morgan fingerprint density at radius 1 is 1.12 bits per heavy atom. The molecule has 0 atom stereocenters. The van der Waals surface area contributed by atoms with Crippen LogP contribution in [0.3, 0.4) is 0 Å². The summed E-state index contributed by atoms with van der Waals surface area (Å²) in [4.78, 5) is 14.2. The SMILES string of the molecule is CC(C)(C)OC(=O)c1ccc(N2CCC(CCOc3ccc(C#N)c(F)c3)CC2)cc1F. The molecule has 5 nitrogen and oxygen atoms in total. The predicted octanol–water partition coefficient (Wildman–Crippen LogP) is 5.48. The number of piperidine rings is 1. The number of benzene rings is 2. The zero-order valence-electron chi connectivity index (χ0n) is 18.7. The average molecular weight is 443 g/mol. The van der Waals surface area contributed by atoms with E-state index in [0.717, 1.165) is 38.0 Å². The third kappa shape index (κ3) is 6.19. The van der Waals surface area contributed by atoms with E-state index in [1.54, 1.807) is 39.0 Å². The maximum Gasteiger partial charge on any atom is 0.341 e. The van der Waals surface area contributed by atoms with E-state index in [4.69, 9.17) is 14.7 Å². The first-order valence-electron chi connectivity index (χ1n) is 10.8. The van der Waals surface area contributed by atoms with Crippen molar-refractivity contribution in [3.8, 4) is 11.8 Å². The number of esters is 1. The topological polar surface area (TPSA) is 62.6 Å². The largest absolute Gasteiger partial charge is 0.493 e. The highest BCUT2D eigenvalue weighted by Gasteiger charge is 2.23. The lowest BCUT2D eigenvalue weighted by atomic mass is 9.93. The first kappa shape index (κ1) is 23.5. The Hall–Kier alpha value is -3.14. The smallest absolute Gasteiger partial charge is 0.341 e. The van der Waals surface area contributed by atoms with Gasteiger partial charge in [0.1, 0.15) is 29.1 Å². The van der Waals surface area contributed by atoms with Crippen LogP contribution in [-0.2, 0) is 4.74 Å². The Labute approximate surface area is 187 Å². The van der Waals surface area contributed by atoms with Crippen molar-refractivity contribution >= 4 is 11.7 Å². The number of hydrogen-bond acceptors (Lipinski definition) is 5. The number of nitrogens with zero attached hydrogens (tertiary/aromatic N) is 2. The molecule has 0 saturated carbocycles. The zero-order valence-corrected chi connectivity index (χ0v) is 18.7. The van der Waals surface area contributed by atoms with Crippen LogP contribution in [0.15, 0.2) is 36.4 Å². The summed E-state index contributed by atoms with van der Waals surface area (Å²) in [5.74, 6) is -0.951. The number of anilines is 1. The van der Waals surface area contributed by atoms with E-state index in [-0.39, 0.29) is 11.1 Å². The first-order chi connectivity index (χ1) is 15.2. The molecule has 0 N–H and O–H groups in total. The van der Waals surface area contributed by atoms with E-state index in [9.17, 15) is 13.6 Å². The first-order valence-corrected chi connectivity index (χ1v) is 10.8. The summed E-state index contributed by atoms with van der Waals surface area (Å²) in [6.07, 6.45) is 2.70. The third-order valence-electron chi connectivity index (χ3n) is 5.41. The molecule has 1 fully saturated rings. The molecule has 0 spiro atoms. The minimum Gasteiger partial charge on any atom is -0.493 e. The van der Waals surface area contributed by atoms with Gasteiger partial charge in [-0.2, -0.15) is 5.26 Å². The van der Waals surface area contributed by atoms with Crippen molar-refractivity contribution < 1.29 is 23.0 Å². The van der Waals surface area contributed by atoms with Crippen molar-refractivity contribution in [3.05, 3.63) is 59.2 Å². The fourth-order valence-electron chi connectivity index (χ4n) is 3.70. The van der Waals surface area contributed by atoms with Gasteiger partial charge < -0.3 is 14.4 Å². The lowest BCUT2D eigenvalue weighted by molar-refractivity contribution is 0.00647. The quantitative estimate of drug-likeness (QED) is 0.555. The fourth-order valence-corrected chi connectivity index (χ4v) is 3.70. The van der Waals surface area contributed by atoms with Gasteiger partial charge in [-0.3, -0.25) is 0 Å². The van der Waals surface area contributed by atoms with Gasteiger partial charge in [0.25, 0.3) is 0 Å². The predicted molar refractivity (Wildman–Crippen MR) is 118 cm³/mol. The molecule has 1 heterocycles. The summed E-state index contributed by atoms with van der Waals surface area (Å²) < 4.78 is 39.1. The van der Waals surface area contributed by atoms with Crippen LogP contribution in [0.5, 0.6) is 5.75 Å². The average Bonchev–Trinajstić information content (AvgIpc) is 2.73. The maximum absolute atomic E-state index is 14.5. The van der Waals surface area contributed by atoms with Gasteiger partial charge in [-0.15, -0.1) is 0 Å². The molecule has 7 heteroatoms. The molecule has 1 aliphatic heterocycles. The van der Waals surface area contributed by atoms with Gasteiger partial charge in [-0.1, -0.05) is 0 Å². The highest BCUT2D eigenvalue weighted by Crippen LogP contribution is 2.27. The van der Waals surface area contributed by atoms with Crippen LogP contribution in [0.4, 0.5) is 14.5 Å². The van der Waals surface area contributed by atoms with Crippen molar-refractivity contribution in [2.24, 2.45) is 5.92 Å². The van der Waals surface area contributed by atoms with Gasteiger partial charge in [0, 0.05) is 24.8 Å². The highest BCUT2D eigenvalue weighted by molar-refractivity contribution is 5.90. The standard InChI is InChI=1S/C25H28F2N2O3/c1-25(2,3)32-24(30)21-7-5-19(14-23(21)27)29-11-8-17(9-12-29)10-13-31-20-6-4-18(16-28)22(26)15-20/h4-7,14-15,17H,8-13H2,1-3H3. The van der Waals surface area contributed by atoms with Crippen LogP contribution in [-0.4, -0.2) is 31.3 Å². The molecule has 2 aromatic rings. The summed E-state index contributed by atoms with van der Waals surface area (Å²) >= 11 is 0. The monoisotopic (exact) mass is 442 g/mol. The van der Waals surface area contributed by atoms with E-state index in [1.165, 1.54) is 24.3 Å². The molecule has 0 bridgehead atoms. The molecule has 170 valence electrons. The molecule has 1 aliphatic rings. The Kier molecular flexibility index (Phi) is 7.34. The molecule has 32 heavy (non-hydrogen) atoms. The normalized spacial score (nSPS) is 14.7. The number of rotatable bonds is 6. The van der Waals surface area contributed by atoms with E-state index < -0.39 is 23.2 Å². The van der Waals surface area contributed by atoms with E-state index >= 15 is 0 Å². The third-order valence-corrected chi connectivity index (χ3v) is 5.41. The number of hydrogen-bond donors (Lipinski definition) is 0. The van der Waals surface area contributed by atoms with Crippen LogP contribution < -0.4 is 9.64 Å². The zero-order chi connectivity index (χ0) is 23.3. The van der Waals surface area contributed by atoms with Gasteiger partial charge in [0.15, 0.2) is 0 Å². The summed E-state index contributed by atoms with van der Waals surface area (Å²) in [5, 5.41) is 8.78.